The van der Waals surface area contributed by atoms with E-state index in [1.807, 2.05) is 60.5 Å². The lowest BCUT2D eigenvalue weighted by Gasteiger charge is -2.35. The number of pyridine rings is 2. The number of ether oxygens (including phenoxy) is 1. The maximum Gasteiger partial charge on any atom is 0.276 e. The third-order valence-corrected chi connectivity index (χ3v) is 6.07. The minimum atomic E-state index is -0.0806. The van der Waals surface area contributed by atoms with E-state index in [0.29, 0.717) is 36.2 Å². The van der Waals surface area contributed by atoms with E-state index in [4.69, 9.17) is 21.3 Å². The Morgan fingerprint density at radius 3 is 2.77 bits per heavy atom. The first-order valence-corrected chi connectivity index (χ1v) is 10.9. The second-order valence-corrected chi connectivity index (χ2v) is 8.18. The van der Waals surface area contributed by atoms with Gasteiger partial charge in [0.1, 0.15) is 10.8 Å². The molecule has 1 saturated heterocycles. The minimum absolute atomic E-state index is 0. The van der Waals surface area contributed by atoms with Crippen molar-refractivity contribution in [2.75, 3.05) is 13.2 Å². The van der Waals surface area contributed by atoms with E-state index in [0.717, 1.165) is 41.9 Å². The van der Waals surface area contributed by atoms with E-state index in [1.54, 1.807) is 0 Å². The fourth-order valence-corrected chi connectivity index (χ4v) is 4.42. The molecule has 0 N–H and O–H groups in total. The maximum absolute atomic E-state index is 13.5. The monoisotopic (exact) mass is 462 g/mol. The first-order valence-electron chi connectivity index (χ1n) is 10.5. The maximum atomic E-state index is 13.5. The average molecular weight is 463 g/mol. The van der Waals surface area contributed by atoms with Gasteiger partial charge in [-0.05, 0) is 63.8 Å². The summed E-state index contributed by atoms with van der Waals surface area (Å²) >= 11 is 6.64. The molecular weight excluding hydrogens is 435 g/mol. The van der Waals surface area contributed by atoms with Crippen LogP contribution in [-0.2, 0) is 6.42 Å². The second-order valence-electron chi connectivity index (χ2n) is 7.82. The number of halogens is 2. The number of likely N-dealkylation sites (tertiary alicyclic amines) is 1. The van der Waals surface area contributed by atoms with Crippen molar-refractivity contribution < 1.29 is 9.53 Å². The van der Waals surface area contributed by atoms with Gasteiger partial charge in [-0.15, -0.1) is 12.4 Å². The summed E-state index contributed by atoms with van der Waals surface area (Å²) in [6, 6.07) is 7.73. The predicted octanol–water partition coefficient (Wildman–Crippen LogP) is 5.06. The third-order valence-electron chi connectivity index (χ3n) is 5.67. The lowest BCUT2D eigenvalue weighted by atomic mass is 9.97. The topological polar surface area (TPSA) is 59.7 Å². The molecule has 31 heavy (non-hydrogen) atoms. The summed E-state index contributed by atoms with van der Waals surface area (Å²) in [6.07, 6.45) is 5.54. The number of amides is 1. The van der Waals surface area contributed by atoms with Crippen molar-refractivity contribution in [3.05, 3.63) is 58.3 Å². The van der Waals surface area contributed by atoms with Crippen molar-refractivity contribution in [2.24, 2.45) is 0 Å². The molecule has 0 unspecified atom stereocenters. The normalized spacial score (nSPS) is 16.3. The Morgan fingerprint density at radius 1 is 1.23 bits per heavy atom. The van der Waals surface area contributed by atoms with Gasteiger partial charge in [0.05, 0.1) is 12.3 Å². The number of fused-ring (bicyclic) bond motifs is 1. The molecule has 0 aliphatic carbocycles. The lowest BCUT2D eigenvalue weighted by Crippen LogP contribution is -2.45. The number of aromatic nitrogens is 3. The summed E-state index contributed by atoms with van der Waals surface area (Å²) in [6.45, 7) is 7.01. The summed E-state index contributed by atoms with van der Waals surface area (Å²) < 4.78 is 7.60. The Balaban J connectivity index is 0.00000272. The smallest absolute Gasteiger partial charge is 0.276 e. The van der Waals surface area contributed by atoms with Gasteiger partial charge in [0.25, 0.3) is 5.91 Å². The highest BCUT2D eigenvalue weighted by Crippen LogP contribution is 2.28. The first-order chi connectivity index (χ1) is 14.5. The Bertz CT molecular complexity index is 1080. The van der Waals surface area contributed by atoms with Gasteiger partial charge in [-0.2, -0.15) is 0 Å². The highest BCUT2D eigenvalue weighted by atomic mass is 35.5. The summed E-state index contributed by atoms with van der Waals surface area (Å²) in [5, 5.41) is 0.621. The molecule has 3 aromatic rings. The van der Waals surface area contributed by atoms with Gasteiger partial charge >= 0.3 is 0 Å². The van der Waals surface area contributed by atoms with Crippen molar-refractivity contribution in [2.45, 2.75) is 52.5 Å². The van der Waals surface area contributed by atoms with Crippen molar-refractivity contribution in [3.63, 3.8) is 0 Å². The van der Waals surface area contributed by atoms with Crippen LogP contribution in [0.15, 0.2) is 30.5 Å². The Hall–Kier alpha value is -2.31. The lowest BCUT2D eigenvalue weighted by molar-refractivity contribution is 0.0601. The number of carbonyl (C=O) groups excluding carboxylic acids is 1. The molecule has 4 rings (SSSR count). The van der Waals surface area contributed by atoms with Gasteiger partial charge in [-0.1, -0.05) is 17.7 Å². The molecule has 0 spiro atoms. The fourth-order valence-electron chi connectivity index (χ4n) is 4.16. The molecule has 0 saturated carbocycles. The number of nitrogens with zero attached hydrogens (tertiary/aromatic N) is 4. The average Bonchev–Trinajstić information content (AvgIpc) is 3.06. The SMILES string of the molecule is CCOc1ccc(C)nc1C(=O)N1CCCC[C@H]1Cc1nc2c(C)cccn2c1Cl.Cl. The highest BCUT2D eigenvalue weighted by molar-refractivity contribution is 6.30. The van der Waals surface area contributed by atoms with Crippen LogP contribution >= 0.6 is 24.0 Å². The van der Waals surface area contributed by atoms with E-state index in [2.05, 4.69) is 4.98 Å². The number of hydrogen-bond donors (Lipinski definition) is 0. The Kier molecular flexibility index (Phi) is 7.44. The van der Waals surface area contributed by atoms with E-state index in [-0.39, 0.29) is 24.4 Å². The molecule has 3 aromatic heterocycles. The van der Waals surface area contributed by atoms with E-state index in [9.17, 15) is 4.79 Å². The molecule has 0 bridgehead atoms. The largest absolute Gasteiger partial charge is 0.491 e. The summed E-state index contributed by atoms with van der Waals surface area (Å²) in [4.78, 5) is 24.7. The van der Waals surface area contributed by atoms with Gasteiger partial charge in [0.2, 0.25) is 0 Å². The zero-order chi connectivity index (χ0) is 21.3. The van der Waals surface area contributed by atoms with Crippen molar-refractivity contribution >= 4 is 35.6 Å². The van der Waals surface area contributed by atoms with Crippen molar-refractivity contribution in [1.82, 2.24) is 19.3 Å². The molecule has 1 fully saturated rings. The van der Waals surface area contributed by atoms with Crippen LogP contribution in [0.4, 0.5) is 0 Å². The zero-order valence-corrected chi connectivity index (χ0v) is 19.7. The molecular formula is C23H28Cl2N4O2. The van der Waals surface area contributed by atoms with Crippen LogP contribution in [0.3, 0.4) is 0 Å². The van der Waals surface area contributed by atoms with Gasteiger partial charge in [-0.3, -0.25) is 9.20 Å². The number of imidazole rings is 1. The Labute approximate surface area is 194 Å². The van der Waals surface area contributed by atoms with Gasteiger partial charge in [0.15, 0.2) is 11.4 Å². The van der Waals surface area contributed by atoms with Crippen LogP contribution in [0.1, 0.15) is 53.6 Å². The molecule has 4 heterocycles. The number of carbonyl (C=O) groups is 1. The van der Waals surface area contributed by atoms with Crippen molar-refractivity contribution in [1.29, 1.82) is 0 Å². The van der Waals surface area contributed by atoms with E-state index in [1.165, 1.54) is 0 Å². The number of rotatable bonds is 5. The molecule has 1 amide bonds. The molecule has 1 aliphatic rings. The van der Waals surface area contributed by atoms with Gasteiger partial charge in [-0.25, -0.2) is 9.97 Å². The second kappa shape index (κ2) is 9.88. The Morgan fingerprint density at radius 2 is 2.03 bits per heavy atom. The first kappa shape index (κ1) is 23.4. The zero-order valence-electron chi connectivity index (χ0n) is 18.1. The van der Waals surface area contributed by atoms with Crippen LogP contribution in [0.25, 0.3) is 5.65 Å². The minimum Gasteiger partial charge on any atom is -0.491 e. The van der Waals surface area contributed by atoms with Crippen LogP contribution < -0.4 is 4.74 Å². The molecule has 0 radical (unpaired) electrons. The van der Waals surface area contributed by atoms with Crippen LogP contribution in [-0.4, -0.2) is 44.4 Å². The van der Waals surface area contributed by atoms with E-state index >= 15 is 0 Å². The van der Waals surface area contributed by atoms with Gasteiger partial charge < -0.3 is 9.64 Å². The molecule has 1 aliphatic heterocycles. The van der Waals surface area contributed by atoms with Crippen molar-refractivity contribution in [3.8, 4) is 5.75 Å². The van der Waals surface area contributed by atoms with Crippen LogP contribution in [0.5, 0.6) is 5.75 Å². The molecule has 166 valence electrons. The molecule has 0 aromatic carbocycles. The van der Waals surface area contributed by atoms with Gasteiger partial charge in [0, 0.05) is 30.9 Å². The quantitative estimate of drug-likeness (QED) is 0.531. The molecule has 1 atom stereocenters. The standard InChI is InChI=1S/C23H27ClN4O2.ClH/c1-4-30-19-11-10-16(3)25-20(19)23(29)27-12-6-5-9-17(27)14-18-21(24)28-13-7-8-15(2)22(28)26-18;/h7-8,10-11,13,17H,4-6,9,12,14H2,1-3H3;1H/t17-;/m0./s1. The molecule has 6 nitrogen and oxygen atoms in total. The molecule has 8 heteroatoms. The van der Waals surface area contributed by atoms with E-state index < -0.39 is 0 Å². The number of piperidine rings is 1. The third kappa shape index (κ3) is 4.65. The predicted molar refractivity (Wildman–Crippen MR) is 125 cm³/mol. The highest BCUT2D eigenvalue weighted by Gasteiger charge is 2.31. The summed E-state index contributed by atoms with van der Waals surface area (Å²) in [5.41, 5.74) is 3.96. The number of hydrogen-bond acceptors (Lipinski definition) is 4. The van der Waals surface area contributed by atoms with Crippen LogP contribution in [0, 0.1) is 13.8 Å². The van der Waals surface area contributed by atoms with Crippen LogP contribution in [0.2, 0.25) is 5.15 Å². The summed E-state index contributed by atoms with van der Waals surface area (Å²) in [5.74, 6) is 0.460. The summed E-state index contributed by atoms with van der Waals surface area (Å²) in [7, 11) is 0. The number of aryl methyl sites for hydroxylation is 2. The fraction of sp³-hybridized carbons (Fsp3) is 0.435.